The van der Waals surface area contributed by atoms with E-state index in [0.29, 0.717) is 15.8 Å². The van der Waals surface area contributed by atoms with Crippen molar-refractivity contribution in [1.29, 1.82) is 0 Å². The molecule has 0 bridgehead atoms. The van der Waals surface area contributed by atoms with E-state index >= 15 is 0 Å². The summed E-state index contributed by atoms with van der Waals surface area (Å²) in [6.45, 7) is 1.84. The van der Waals surface area contributed by atoms with Crippen molar-refractivity contribution in [2.75, 3.05) is 20.3 Å². The zero-order valence-corrected chi connectivity index (χ0v) is 11.7. The number of amides is 1. The summed E-state index contributed by atoms with van der Waals surface area (Å²) in [5.74, 6) is -0.266. The standard InChI is InChI=1S/C12H14BrNO4/c1-3-18-11(15)7-14-12(16)9-6-8(17-2)4-5-10(9)13/h4-6H,3,7H2,1-2H3,(H,14,16). The van der Waals surface area contributed by atoms with Crippen LogP contribution in [0, 0.1) is 0 Å². The van der Waals surface area contributed by atoms with Crippen LogP contribution in [-0.4, -0.2) is 32.1 Å². The molecule has 98 valence electrons. The zero-order valence-electron chi connectivity index (χ0n) is 10.2. The minimum Gasteiger partial charge on any atom is -0.497 e. The van der Waals surface area contributed by atoms with Crippen LogP contribution in [-0.2, 0) is 9.53 Å². The van der Waals surface area contributed by atoms with Crippen LogP contribution in [0.15, 0.2) is 22.7 Å². The number of benzene rings is 1. The Hall–Kier alpha value is -1.56. The van der Waals surface area contributed by atoms with E-state index in [1.807, 2.05) is 0 Å². The topological polar surface area (TPSA) is 64.6 Å². The van der Waals surface area contributed by atoms with Gasteiger partial charge in [-0.1, -0.05) is 0 Å². The molecule has 0 aromatic heterocycles. The first-order valence-electron chi connectivity index (χ1n) is 5.35. The van der Waals surface area contributed by atoms with Gasteiger partial charge in [-0.2, -0.15) is 0 Å². The lowest BCUT2D eigenvalue weighted by molar-refractivity contribution is -0.141. The Balaban J connectivity index is 2.69. The quantitative estimate of drug-likeness (QED) is 0.841. The minimum atomic E-state index is -0.468. The average molecular weight is 316 g/mol. The first kappa shape index (κ1) is 14.5. The number of hydrogen-bond donors (Lipinski definition) is 1. The van der Waals surface area contributed by atoms with Crippen LogP contribution in [0.1, 0.15) is 17.3 Å². The molecule has 0 unspecified atom stereocenters. The monoisotopic (exact) mass is 315 g/mol. The van der Waals surface area contributed by atoms with Crippen LogP contribution < -0.4 is 10.1 Å². The van der Waals surface area contributed by atoms with Crippen LogP contribution in [0.25, 0.3) is 0 Å². The third-order valence-corrected chi connectivity index (χ3v) is 2.81. The normalized spacial score (nSPS) is 9.72. The van der Waals surface area contributed by atoms with E-state index in [0.717, 1.165) is 0 Å². The van der Waals surface area contributed by atoms with E-state index in [1.54, 1.807) is 25.1 Å². The Morgan fingerprint density at radius 1 is 1.39 bits per heavy atom. The Morgan fingerprint density at radius 3 is 2.72 bits per heavy atom. The number of rotatable bonds is 5. The van der Waals surface area contributed by atoms with E-state index in [-0.39, 0.29) is 19.1 Å². The Labute approximate surface area is 114 Å². The number of ether oxygens (including phenoxy) is 2. The zero-order chi connectivity index (χ0) is 13.5. The highest BCUT2D eigenvalue weighted by atomic mass is 79.9. The summed E-state index contributed by atoms with van der Waals surface area (Å²) >= 11 is 3.27. The number of hydrogen-bond acceptors (Lipinski definition) is 4. The van der Waals surface area contributed by atoms with Gasteiger partial charge >= 0.3 is 5.97 Å². The van der Waals surface area contributed by atoms with Gasteiger partial charge in [0.1, 0.15) is 12.3 Å². The van der Waals surface area contributed by atoms with Gasteiger partial charge in [-0.25, -0.2) is 0 Å². The fraction of sp³-hybridized carbons (Fsp3) is 0.333. The lowest BCUT2D eigenvalue weighted by Gasteiger charge is -2.08. The number of halogens is 1. The molecule has 0 heterocycles. The summed E-state index contributed by atoms with van der Waals surface area (Å²) in [5.41, 5.74) is 0.402. The fourth-order valence-electron chi connectivity index (χ4n) is 1.27. The predicted molar refractivity (Wildman–Crippen MR) is 69.7 cm³/mol. The Bertz CT molecular complexity index is 448. The van der Waals surface area contributed by atoms with Crippen molar-refractivity contribution in [1.82, 2.24) is 5.32 Å². The number of carbonyl (C=O) groups excluding carboxylic acids is 2. The van der Waals surface area contributed by atoms with E-state index in [9.17, 15) is 9.59 Å². The molecule has 0 radical (unpaired) electrons. The molecule has 6 heteroatoms. The van der Waals surface area contributed by atoms with E-state index in [4.69, 9.17) is 9.47 Å². The number of methoxy groups -OCH3 is 1. The highest BCUT2D eigenvalue weighted by molar-refractivity contribution is 9.10. The van der Waals surface area contributed by atoms with Gasteiger partial charge in [-0.3, -0.25) is 9.59 Å². The highest BCUT2D eigenvalue weighted by Crippen LogP contribution is 2.22. The highest BCUT2D eigenvalue weighted by Gasteiger charge is 2.12. The van der Waals surface area contributed by atoms with Gasteiger partial charge < -0.3 is 14.8 Å². The number of carbonyl (C=O) groups is 2. The van der Waals surface area contributed by atoms with Crippen molar-refractivity contribution in [3.63, 3.8) is 0 Å². The van der Waals surface area contributed by atoms with Gasteiger partial charge in [0.25, 0.3) is 5.91 Å². The van der Waals surface area contributed by atoms with Crippen LogP contribution in [0.4, 0.5) is 0 Å². The molecule has 0 aliphatic rings. The molecule has 0 atom stereocenters. The molecule has 0 fully saturated rings. The van der Waals surface area contributed by atoms with Crippen LogP contribution >= 0.6 is 15.9 Å². The van der Waals surface area contributed by atoms with Crippen LogP contribution in [0.5, 0.6) is 5.75 Å². The minimum absolute atomic E-state index is 0.156. The molecule has 0 aliphatic heterocycles. The van der Waals surface area contributed by atoms with Crippen molar-refractivity contribution >= 4 is 27.8 Å². The summed E-state index contributed by atoms with van der Waals surface area (Å²) in [7, 11) is 1.52. The van der Waals surface area contributed by atoms with Gasteiger partial charge in [0.05, 0.1) is 19.3 Å². The van der Waals surface area contributed by atoms with Crippen molar-refractivity contribution in [2.45, 2.75) is 6.92 Å². The van der Waals surface area contributed by atoms with E-state index in [2.05, 4.69) is 21.2 Å². The fourth-order valence-corrected chi connectivity index (χ4v) is 1.69. The second-order valence-electron chi connectivity index (χ2n) is 3.33. The van der Waals surface area contributed by atoms with Crippen LogP contribution in [0.2, 0.25) is 0 Å². The molecular formula is C12H14BrNO4. The molecule has 1 N–H and O–H groups in total. The van der Waals surface area contributed by atoms with Gasteiger partial charge in [0.15, 0.2) is 0 Å². The lowest BCUT2D eigenvalue weighted by Crippen LogP contribution is -2.30. The summed E-state index contributed by atoms with van der Waals surface area (Å²) in [5, 5.41) is 2.48. The van der Waals surface area contributed by atoms with Crippen molar-refractivity contribution in [3.05, 3.63) is 28.2 Å². The average Bonchev–Trinajstić information content (AvgIpc) is 2.37. The Kier molecular flexibility index (Phi) is 5.64. The number of nitrogens with one attached hydrogen (secondary N) is 1. The maximum Gasteiger partial charge on any atom is 0.325 e. The second kappa shape index (κ2) is 7.00. The van der Waals surface area contributed by atoms with Crippen molar-refractivity contribution in [2.24, 2.45) is 0 Å². The largest absolute Gasteiger partial charge is 0.497 e. The first-order chi connectivity index (χ1) is 8.58. The van der Waals surface area contributed by atoms with Gasteiger partial charge in [-0.05, 0) is 41.1 Å². The third-order valence-electron chi connectivity index (χ3n) is 2.12. The molecule has 1 amide bonds. The smallest absolute Gasteiger partial charge is 0.325 e. The molecule has 1 aromatic carbocycles. The summed E-state index contributed by atoms with van der Waals surface area (Å²) < 4.78 is 10.4. The number of esters is 1. The summed E-state index contributed by atoms with van der Waals surface area (Å²) in [4.78, 5) is 23.0. The molecule has 0 saturated heterocycles. The van der Waals surface area contributed by atoms with Crippen molar-refractivity contribution in [3.8, 4) is 5.75 Å². The lowest BCUT2D eigenvalue weighted by atomic mass is 10.2. The van der Waals surface area contributed by atoms with Crippen LogP contribution in [0.3, 0.4) is 0 Å². The maximum absolute atomic E-state index is 11.8. The molecule has 0 aliphatic carbocycles. The molecule has 0 spiro atoms. The summed E-state index contributed by atoms with van der Waals surface area (Å²) in [6, 6.07) is 5.02. The SMILES string of the molecule is CCOC(=O)CNC(=O)c1cc(OC)ccc1Br. The molecule has 1 rings (SSSR count). The predicted octanol–water partition coefficient (Wildman–Crippen LogP) is 1.75. The maximum atomic E-state index is 11.8. The molecule has 18 heavy (non-hydrogen) atoms. The van der Waals surface area contributed by atoms with Gasteiger partial charge in [0, 0.05) is 4.47 Å². The Morgan fingerprint density at radius 2 is 2.11 bits per heavy atom. The third kappa shape index (κ3) is 4.03. The molecule has 5 nitrogen and oxygen atoms in total. The summed E-state index contributed by atoms with van der Waals surface area (Å²) in [6.07, 6.45) is 0. The van der Waals surface area contributed by atoms with Crippen molar-refractivity contribution < 1.29 is 19.1 Å². The first-order valence-corrected chi connectivity index (χ1v) is 6.15. The second-order valence-corrected chi connectivity index (χ2v) is 4.19. The van der Waals surface area contributed by atoms with Gasteiger partial charge in [-0.15, -0.1) is 0 Å². The van der Waals surface area contributed by atoms with E-state index in [1.165, 1.54) is 7.11 Å². The molecule has 0 saturated carbocycles. The van der Waals surface area contributed by atoms with E-state index < -0.39 is 5.97 Å². The molecular weight excluding hydrogens is 302 g/mol. The van der Waals surface area contributed by atoms with Gasteiger partial charge in [0.2, 0.25) is 0 Å². The molecule has 1 aromatic rings.